The van der Waals surface area contributed by atoms with Gasteiger partial charge in [-0.3, -0.25) is 4.79 Å². The minimum atomic E-state index is -0.942. The Labute approximate surface area is 96.9 Å². The molecule has 0 bridgehead atoms. The van der Waals surface area contributed by atoms with E-state index in [1.807, 2.05) is 0 Å². The van der Waals surface area contributed by atoms with Crippen molar-refractivity contribution in [2.75, 3.05) is 0 Å². The number of rotatable bonds is 3. The number of hydrogen-bond donors (Lipinski definition) is 0. The van der Waals surface area contributed by atoms with Crippen LogP contribution in [0.3, 0.4) is 0 Å². The first kappa shape index (κ1) is 11.5. The number of carbonyl (C=O) groups excluding carboxylic acids is 1. The van der Waals surface area contributed by atoms with E-state index in [0.717, 1.165) is 12.1 Å². The highest BCUT2D eigenvalue weighted by Crippen LogP contribution is 2.24. The Morgan fingerprint density at radius 3 is 2.59 bits per heavy atom. The van der Waals surface area contributed by atoms with Crippen LogP contribution in [-0.2, 0) is 0 Å². The summed E-state index contributed by atoms with van der Waals surface area (Å²) in [6, 6.07) is 6.55. The quantitative estimate of drug-likeness (QED) is 0.758. The zero-order valence-electron chi connectivity index (χ0n) is 9.17. The van der Waals surface area contributed by atoms with E-state index in [0.29, 0.717) is 17.7 Å². The first-order valence-electron chi connectivity index (χ1n) is 5.20. The van der Waals surface area contributed by atoms with Crippen molar-refractivity contribution in [1.29, 1.82) is 0 Å². The van der Waals surface area contributed by atoms with E-state index in [4.69, 9.17) is 4.42 Å². The summed E-state index contributed by atoms with van der Waals surface area (Å²) in [6.45, 7) is 1.72. The fourth-order valence-corrected chi connectivity index (χ4v) is 1.47. The maximum absolute atomic E-state index is 13.0. The summed E-state index contributed by atoms with van der Waals surface area (Å²) in [5.74, 6) is -1.40. The van der Waals surface area contributed by atoms with Crippen LogP contribution in [0.25, 0.3) is 11.3 Å². The summed E-state index contributed by atoms with van der Waals surface area (Å²) in [5, 5.41) is 0. The monoisotopic (exact) mass is 236 g/mol. The molecular formula is C13H10F2O2. The SMILES string of the molecule is CCC(=O)c1ccc(-c2ccc(F)c(F)c2)o1. The Kier molecular flexibility index (Phi) is 3.04. The van der Waals surface area contributed by atoms with Crippen LogP contribution in [0.15, 0.2) is 34.7 Å². The Morgan fingerprint density at radius 2 is 1.94 bits per heavy atom. The fraction of sp³-hybridized carbons (Fsp3) is 0.154. The topological polar surface area (TPSA) is 30.2 Å². The first-order valence-corrected chi connectivity index (χ1v) is 5.20. The molecule has 0 N–H and O–H groups in total. The van der Waals surface area contributed by atoms with Crippen LogP contribution in [0.2, 0.25) is 0 Å². The minimum absolute atomic E-state index is 0.126. The molecule has 0 aliphatic rings. The Hall–Kier alpha value is -1.97. The highest BCUT2D eigenvalue weighted by Gasteiger charge is 2.11. The average Bonchev–Trinajstić information content (AvgIpc) is 2.81. The number of ketones is 1. The van der Waals surface area contributed by atoms with Crippen molar-refractivity contribution in [3.8, 4) is 11.3 Å². The molecule has 1 aromatic heterocycles. The lowest BCUT2D eigenvalue weighted by Crippen LogP contribution is -1.92. The summed E-state index contributed by atoms with van der Waals surface area (Å²) in [6.07, 6.45) is 0.338. The second-order valence-electron chi connectivity index (χ2n) is 3.57. The maximum Gasteiger partial charge on any atom is 0.197 e. The molecule has 0 fully saturated rings. The second kappa shape index (κ2) is 4.49. The summed E-state index contributed by atoms with van der Waals surface area (Å²) in [7, 11) is 0. The predicted octanol–water partition coefficient (Wildman–Crippen LogP) is 3.82. The van der Waals surface area contributed by atoms with Crippen molar-refractivity contribution in [1.82, 2.24) is 0 Å². The van der Waals surface area contributed by atoms with Crippen LogP contribution in [-0.4, -0.2) is 5.78 Å². The lowest BCUT2D eigenvalue weighted by Gasteiger charge is -1.98. The number of benzene rings is 1. The van der Waals surface area contributed by atoms with E-state index < -0.39 is 11.6 Å². The van der Waals surface area contributed by atoms with Gasteiger partial charge in [0, 0.05) is 12.0 Å². The van der Waals surface area contributed by atoms with Gasteiger partial charge in [-0.2, -0.15) is 0 Å². The van der Waals surface area contributed by atoms with Gasteiger partial charge < -0.3 is 4.42 Å². The van der Waals surface area contributed by atoms with Gasteiger partial charge in [-0.1, -0.05) is 6.92 Å². The van der Waals surface area contributed by atoms with Gasteiger partial charge in [-0.25, -0.2) is 8.78 Å². The van der Waals surface area contributed by atoms with Crippen LogP contribution < -0.4 is 0 Å². The van der Waals surface area contributed by atoms with E-state index in [2.05, 4.69) is 0 Å². The molecular weight excluding hydrogens is 226 g/mol. The average molecular weight is 236 g/mol. The molecule has 0 amide bonds. The summed E-state index contributed by atoms with van der Waals surface area (Å²) in [4.78, 5) is 11.4. The normalized spacial score (nSPS) is 10.5. The standard InChI is InChI=1S/C13H10F2O2/c1-2-11(16)13-6-5-12(17-13)8-3-4-9(14)10(15)7-8/h3-7H,2H2,1H3. The molecule has 1 aromatic carbocycles. The number of halogens is 2. The van der Waals surface area contributed by atoms with E-state index >= 15 is 0 Å². The largest absolute Gasteiger partial charge is 0.453 e. The molecule has 1 heterocycles. The lowest BCUT2D eigenvalue weighted by molar-refractivity contribution is 0.0962. The number of furan rings is 1. The molecule has 0 aliphatic carbocycles. The highest BCUT2D eigenvalue weighted by atomic mass is 19.2. The van der Waals surface area contributed by atoms with E-state index in [9.17, 15) is 13.6 Å². The minimum Gasteiger partial charge on any atom is -0.453 e. The lowest BCUT2D eigenvalue weighted by atomic mass is 10.1. The van der Waals surface area contributed by atoms with Crippen LogP contribution in [0, 0.1) is 11.6 Å². The highest BCUT2D eigenvalue weighted by molar-refractivity contribution is 5.93. The van der Waals surface area contributed by atoms with E-state index in [1.165, 1.54) is 12.1 Å². The van der Waals surface area contributed by atoms with Gasteiger partial charge in [-0.05, 0) is 30.3 Å². The molecule has 0 atom stereocenters. The van der Waals surface area contributed by atoms with Gasteiger partial charge in [0.05, 0.1) is 0 Å². The third-order valence-electron chi connectivity index (χ3n) is 2.41. The predicted molar refractivity (Wildman–Crippen MR) is 58.7 cm³/mol. The van der Waals surface area contributed by atoms with Crippen molar-refractivity contribution in [3.05, 3.63) is 47.7 Å². The third kappa shape index (κ3) is 2.25. The Morgan fingerprint density at radius 1 is 1.18 bits per heavy atom. The van der Waals surface area contributed by atoms with Gasteiger partial charge in [0.25, 0.3) is 0 Å². The van der Waals surface area contributed by atoms with Crippen molar-refractivity contribution in [2.24, 2.45) is 0 Å². The Balaban J connectivity index is 2.37. The maximum atomic E-state index is 13.0. The second-order valence-corrected chi connectivity index (χ2v) is 3.57. The van der Waals surface area contributed by atoms with Crippen molar-refractivity contribution in [3.63, 3.8) is 0 Å². The molecule has 88 valence electrons. The summed E-state index contributed by atoms with van der Waals surface area (Å²) in [5.41, 5.74) is 0.402. The molecule has 4 heteroatoms. The third-order valence-corrected chi connectivity index (χ3v) is 2.41. The molecule has 0 saturated carbocycles. The number of Topliss-reactive ketones (excluding diaryl/α,β-unsaturated/α-hetero) is 1. The number of hydrogen-bond acceptors (Lipinski definition) is 2. The smallest absolute Gasteiger partial charge is 0.197 e. The van der Waals surface area contributed by atoms with E-state index in [-0.39, 0.29) is 11.5 Å². The first-order chi connectivity index (χ1) is 8.11. The van der Waals surface area contributed by atoms with Crippen molar-refractivity contribution < 1.29 is 18.0 Å². The molecule has 2 rings (SSSR count). The summed E-state index contributed by atoms with van der Waals surface area (Å²) >= 11 is 0. The molecule has 0 saturated heterocycles. The fourth-order valence-electron chi connectivity index (χ4n) is 1.47. The molecule has 17 heavy (non-hydrogen) atoms. The zero-order chi connectivity index (χ0) is 12.4. The van der Waals surface area contributed by atoms with Gasteiger partial charge in [-0.15, -0.1) is 0 Å². The van der Waals surface area contributed by atoms with Crippen molar-refractivity contribution in [2.45, 2.75) is 13.3 Å². The van der Waals surface area contributed by atoms with Crippen LogP contribution in [0.4, 0.5) is 8.78 Å². The van der Waals surface area contributed by atoms with Crippen LogP contribution >= 0.6 is 0 Å². The zero-order valence-corrected chi connectivity index (χ0v) is 9.17. The molecule has 0 aliphatic heterocycles. The Bertz CT molecular complexity index is 558. The van der Waals surface area contributed by atoms with Crippen molar-refractivity contribution >= 4 is 5.78 Å². The molecule has 0 spiro atoms. The number of carbonyl (C=O) groups is 1. The molecule has 2 nitrogen and oxygen atoms in total. The van der Waals surface area contributed by atoms with Crippen LogP contribution in [0.1, 0.15) is 23.9 Å². The molecule has 2 aromatic rings. The van der Waals surface area contributed by atoms with E-state index in [1.54, 1.807) is 13.0 Å². The van der Waals surface area contributed by atoms with Gasteiger partial charge in [0.15, 0.2) is 23.2 Å². The molecule has 0 unspecified atom stereocenters. The molecule has 0 radical (unpaired) electrons. The van der Waals surface area contributed by atoms with Gasteiger partial charge in [0.1, 0.15) is 5.76 Å². The van der Waals surface area contributed by atoms with Crippen LogP contribution in [0.5, 0.6) is 0 Å². The summed E-state index contributed by atoms with van der Waals surface area (Å²) < 4.78 is 31.0. The van der Waals surface area contributed by atoms with Gasteiger partial charge in [0.2, 0.25) is 0 Å². The van der Waals surface area contributed by atoms with Gasteiger partial charge >= 0.3 is 0 Å².